The largest absolute Gasteiger partial charge is 0.464 e. The van der Waals surface area contributed by atoms with E-state index in [1.165, 1.54) is 12.0 Å². The summed E-state index contributed by atoms with van der Waals surface area (Å²) in [6.45, 7) is 0. The van der Waals surface area contributed by atoms with Gasteiger partial charge >= 0.3 is 5.97 Å². The van der Waals surface area contributed by atoms with Gasteiger partial charge in [0.2, 0.25) is 0 Å². The van der Waals surface area contributed by atoms with Crippen LogP contribution in [0.2, 0.25) is 0 Å². The average molecular weight is 270 g/mol. The normalized spacial score (nSPS) is 17.9. The van der Waals surface area contributed by atoms with E-state index in [4.69, 9.17) is 5.26 Å². The zero-order chi connectivity index (χ0) is 14.7. The molecule has 1 aliphatic heterocycles. The molecule has 1 heterocycles. The smallest absolute Gasteiger partial charge is 0.355 e. The molecule has 0 aliphatic carbocycles. The quantitative estimate of drug-likeness (QED) is 0.615. The second-order valence-corrected chi connectivity index (χ2v) is 4.49. The SMILES string of the molecule is COC(=O)C1=C(C#N)CC(C(=O)c2ccccc2)N1C. The Bertz CT molecular complexity index is 614. The van der Waals surface area contributed by atoms with E-state index in [0.717, 1.165) is 0 Å². The fourth-order valence-electron chi connectivity index (χ4n) is 2.32. The first-order valence-electron chi connectivity index (χ1n) is 6.13. The number of ether oxygens (including phenoxy) is 1. The number of methoxy groups -OCH3 is 1. The molecule has 0 radical (unpaired) electrons. The maximum Gasteiger partial charge on any atom is 0.355 e. The van der Waals surface area contributed by atoms with Crippen LogP contribution in [-0.4, -0.2) is 36.9 Å². The van der Waals surface area contributed by atoms with Gasteiger partial charge in [0.05, 0.1) is 24.8 Å². The molecule has 1 aromatic rings. The van der Waals surface area contributed by atoms with Gasteiger partial charge in [0.15, 0.2) is 5.78 Å². The van der Waals surface area contributed by atoms with Crippen molar-refractivity contribution >= 4 is 11.8 Å². The molecule has 1 aromatic carbocycles. The van der Waals surface area contributed by atoms with E-state index in [1.807, 2.05) is 12.1 Å². The molecule has 1 atom stereocenters. The van der Waals surface area contributed by atoms with Crippen LogP contribution in [0, 0.1) is 11.3 Å². The minimum absolute atomic E-state index is 0.111. The van der Waals surface area contributed by atoms with Crippen molar-refractivity contribution in [3.63, 3.8) is 0 Å². The van der Waals surface area contributed by atoms with Crippen molar-refractivity contribution in [2.24, 2.45) is 0 Å². The van der Waals surface area contributed by atoms with Gasteiger partial charge in [-0.2, -0.15) is 5.26 Å². The molecule has 0 amide bonds. The number of carbonyl (C=O) groups excluding carboxylic acids is 2. The van der Waals surface area contributed by atoms with Crippen LogP contribution in [0.15, 0.2) is 41.6 Å². The Morgan fingerprint density at radius 3 is 2.55 bits per heavy atom. The van der Waals surface area contributed by atoms with Crippen molar-refractivity contribution in [1.29, 1.82) is 5.26 Å². The summed E-state index contributed by atoms with van der Waals surface area (Å²) in [4.78, 5) is 25.7. The molecule has 102 valence electrons. The summed E-state index contributed by atoms with van der Waals surface area (Å²) in [6.07, 6.45) is 0.227. The van der Waals surface area contributed by atoms with E-state index in [2.05, 4.69) is 4.74 Å². The van der Waals surface area contributed by atoms with E-state index in [0.29, 0.717) is 5.56 Å². The van der Waals surface area contributed by atoms with E-state index in [1.54, 1.807) is 31.3 Å². The number of nitriles is 1. The molecule has 0 spiro atoms. The summed E-state index contributed by atoms with van der Waals surface area (Å²) in [5, 5.41) is 9.12. The maximum absolute atomic E-state index is 12.4. The van der Waals surface area contributed by atoms with Gasteiger partial charge in [0.1, 0.15) is 5.70 Å². The highest BCUT2D eigenvalue weighted by Gasteiger charge is 2.38. The predicted molar refractivity (Wildman–Crippen MR) is 71.6 cm³/mol. The first-order valence-corrected chi connectivity index (χ1v) is 6.13. The third-order valence-electron chi connectivity index (χ3n) is 3.38. The summed E-state index contributed by atoms with van der Waals surface area (Å²) >= 11 is 0. The molecule has 1 aliphatic rings. The number of Topliss-reactive ketones (excluding diaryl/α,β-unsaturated/α-hetero) is 1. The Kier molecular flexibility index (Phi) is 3.85. The first kappa shape index (κ1) is 13.8. The molecule has 5 heteroatoms. The summed E-state index contributed by atoms with van der Waals surface area (Å²) in [5.74, 6) is -0.702. The molecule has 0 saturated heterocycles. The molecule has 0 fully saturated rings. The van der Waals surface area contributed by atoms with E-state index in [9.17, 15) is 9.59 Å². The van der Waals surface area contributed by atoms with Crippen LogP contribution in [0.3, 0.4) is 0 Å². The molecular weight excluding hydrogens is 256 g/mol. The molecule has 0 aromatic heterocycles. The molecule has 1 unspecified atom stereocenters. The van der Waals surface area contributed by atoms with Crippen molar-refractivity contribution in [3.8, 4) is 6.07 Å². The summed E-state index contributed by atoms with van der Waals surface area (Å²) < 4.78 is 4.67. The van der Waals surface area contributed by atoms with E-state index < -0.39 is 12.0 Å². The minimum atomic E-state index is -0.590. The summed E-state index contributed by atoms with van der Waals surface area (Å²) in [5.41, 5.74) is 1.02. The van der Waals surface area contributed by atoms with Crippen molar-refractivity contribution in [2.45, 2.75) is 12.5 Å². The van der Waals surface area contributed by atoms with Gasteiger partial charge in [0, 0.05) is 19.0 Å². The van der Waals surface area contributed by atoms with Gasteiger partial charge in [-0.3, -0.25) is 4.79 Å². The van der Waals surface area contributed by atoms with Crippen LogP contribution in [-0.2, 0) is 9.53 Å². The molecule has 20 heavy (non-hydrogen) atoms. The Hall–Kier alpha value is -2.61. The topological polar surface area (TPSA) is 70.4 Å². The van der Waals surface area contributed by atoms with Gasteiger partial charge in [-0.25, -0.2) is 4.79 Å². The second kappa shape index (κ2) is 5.57. The zero-order valence-electron chi connectivity index (χ0n) is 11.3. The molecule has 0 N–H and O–H groups in total. The second-order valence-electron chi connectivity index (χ2n) is 4.49. The lowest BCUT2D eigenvalue weighted by Crippen LogP contribution is -2.35. The van der Waals surface area contributed by atoms with Crippen LogP contribution in [0.4, 0.5) is 0 Å². The molecule has 2 rings (SSSR count). The number of hydrogen-bond donors (Lipinski definition) is 0. The summed E-state index contributed by atoms with van der Waals surface area (Å²) in [7, 11) is 2.88. The number of esters is 1. The Morgan fingerprint density at radius 1 is 1.35 bits per heavy atom. The third kappa shape index (κ3) is 2.28. The Balaban J connectivity index is 2.29. The first-order chi connectivity index (χ1) is 9.60. The molecule has 0 saturated carbocycles. The zero-order valence-corrected chi connectivity index (χ0v) is 11.3. The third-order valence-corrected chi connectivity index (χ3v) is 3.38. The number of nitrogens with zero attached hydrogens (tertiary/aromatic N) is 2. The number of likely N-dealkylation sites (N-methyl/N-ethyl adjacent to an activating group) is 1. The number of rotatable bonds is 3. The Labute approximate surface area is 117 Å². The van der Waals surface area contributed by atoms with E-state index in [-0.39, 0.29) is 23.5 Å². The van der Waals surface area contributed by atoms with Crippen LogP contribution < -0.4 is 0 Å². The fourth-order valence-corrected chi connectivity index (χ4v) is 2.32. The van der Waals surface area contributed by atoms with Crippen LogP contribution >= 0.6 is 0 Å². The lowest BCUT2D eigenvalue weighted by molar-refractivity contribution is -0.137. The van der Waals surface area contributed by atoms with Gasteiger partial charge in [-0.1, -0.05) is 30.3 Å². The molecule has 5 nitrogen and oxygen atoms in total. The lowest BCUT2D eigenvalue weighted by Gasteiger charge is -2.22. The average Bonchev–Trinajstić information content (AvgIpc) is 2.83. The number of ketones is 1. The lowest BCUT2D eigenvalue weighted by atomic mass is 10.0. The number of hydrogen-bond acceptors (Lipinski definition) is 5. The van der Waals surface area contributed by atoms with Gasteiger partial charge < -0.3 is 9.64 Å². The van der Waals surface area contributed by atoms with Gasteiger partial charge in [-0.05, 0) is 0 Å². The monoisotopic (exact) mass is 270 g/mol. The maximum atomic E-state index is 12.4. The summed E-state index contributed by atoms with van der Waals surface area (Å²) in [6, 6.07) is 10.3. The number of benzene rings is 1. The van der Waals surface area contributed by atoms with Crippen molar-refractivity contribution in [3.05, 3.63) is 47.2 Å². The van der Waals surface area contributed by atoms with Crippen molar-refractivity contribution in [2.75, 3.05) is 14.2 Å². The van der Waals surface area contributed by atoms with Crippen LogP contribution in [0.1, 0.15) is 16.8 Å². The molecular formula is C15H14N2O3. The number of carbonyl (C=O) groups is 2. The standard InChI is InChI=1S/C15H14N2O3/c1-17-12(14(18)10-6-4-3-5-7-10)8-11(9-16)13(17)15(19)20-2/h3-7,12H,8H2,1-2H3. The van der Waals surface area contributed by atoms with Gasteiger partial charge in [-0.15, -0.1) is 0 Å². The van der Waals surface area contributed by atoms with Gasteiger partial charge in [0.25, 0.3) is 0 Å². The fraction of sp³-hybridized carbons (Fsp3) is 0.267. The highest BCUT2D eigenvalue weighted by atomic mass is 16.5. The van der Waals surface area contributed by atoms with Crippen LogP contribution in [0.25, 0.3) is 0 Å². The Morgan fingerprint density at radius 2 is 2.00 bits per heavy atom. The predicted octanol–water partition coefficient (Wildman–Crippen LogP) is 1.52. The van der Waals surface area contributed by atoms with Crippen molar-refractivity contribution in [1.82, 2.24) is 4.90 Å². The minimum Gasteiger partial charge on any atom is -0.464 e. The highest BCUT2D eigenvalue weighted by Crippen LogP contribution is 2.29. The molecule has 0 bridgehead atoms. The van der Waals surface area contributed by atoms with E-state index >= 15 is 0 Å². The highest BCUT2D eigenvalue weighted by molar-refractivity contribution is 6.02. The van der Waals surface area contributed by atoms with Crippen molar-refractivity contribution < 1.29 is 14.3 Å². The van der Waals surface area contributed by atoms with Crippen LogP contribution in [0.5, 0.6) is 0 Å².